The van der Waals surface area contributed by atoms with Crippen LogP contribution in [0, 0.1) is 11.6 Å². The standard InChI is InChI=1S/C21H18F2N2O3S/c22-17-6-10-19(11-7-17)24-21(26)15-25(14-16-4-2-1-3-5-16)29(27,28)20-12-8-18(23)9-13-20/h1-13H,14-15H2,(H,24,26). The van der Waals surface area contributed by atoms with E-state index in [1.165, 1.54) is 24.3 Å². The number of nitrogens with zero attached hydrogens (tertiary/aromatic N) is 1. The van der Waals surface area contributed by atoms with Crippen LogP contribution in [0.25, 0.3) is 0 Å². The topological polar surface area (TPSA) is 66.5 Å². The molecule has 29 heavy (non-hydrogen) atoms. The van der Waals surface area contributed by atoms with Gasteiger partial charge in [0.15, 0.2) is 0 Å². The number of nitrogens with one attached hydrogen (secondary N) is 1. The van der Waals surface area contributed by atoms with E-state index >= 15 is 0 Å². The van der Waals surface area contributed by atoms with Crippen molar-refractivity contribution in [2.24, 2.45) is 0 Å². The molecule has 1 amide bonds. The maximum atomic E-state index is 13.2. The van der Waals surface area contributed by atoms with E-state index in [0.29, 0.717) is 11.3 Å². The van der Waals surface area contributed by atoms with E-state index in [1.54, 1.807) is 30.3 Å². The zero-order valence-electron chi connectivity index (χ0n) is 15.3. The highest BCUT2D eigenvalue weighted by Gasteiger charge is 2.27. The van der Waals surface area contributed by atoms with Crippen LogP contribution >= 0.6 is 0 Å². The lowest BCUT2D eigenvalue weighted by molar-refractivity contribution is -0.116. The van der Waals surface area contributed by atoms with Gasteiger partial charge in [-0.05, 0) is 54.1 Å². The Morgan fingerprint density at radius 1 is 0.828 bits per heavy atom. The van der Waals surface area contributed by atoms with Crippen molar-refractivity contribution in [3.8, 4) is 0 Å². The normalized spacial score (nSPS) is 11.4. The summed E-state index contributed by atoms with van der Waals surface area (Å²) in [6.45, 7) is -0.511. The van der Waals surface area contributed by atoms with Crippen molar-refractivity contribution in [2.45, 2.75) is 11.4 Å². The molecule has 0 saturated heterocycles. The van der Waals surface area contributed by atoms with Crippen LogP contribution in [0.3, 0.4) is 0 Å². The molecule has 0 aliphatic carbocycles. The fourth-order valence-electron chi connectivity index (χ4n) is 2.66. The molecule has 8 heteroatoms. The van der Waals surface area contributed by atoms with Crippen molar-refractivity contribution >= 4 is 21.6 Å². The van der Waals surface area contributed by atoms with Crippen molar-refractivity contribution in [1.82, 2.24) is 4.31 Å². The number of carbonyl (C=O) groups excluding carboxylic acids is 1. The quantitative estimate of drug-likeness (QED) is 0.637. The van der Waals surface area contributed by atoms with Crippen LogP contribution in [0.2, 0.25) is 0 Å². The van der Waals surface area contributed by atoms with Gasteiger partial charge in [0, 0.05) is 12.2 Å². The third kappa shape index (κ3) is 5.46. The Hall–Kier alpha value is -3.10. The second-order valence-corrected chi connectivity index (χ2v) is 8.21. The third-order valence-corrected chi connectivity index (χ3v) is 5.91. The second kappa shape index (κ2) is 8.93. The van der Waals surface area contributed by atoms with Crippen LogP contribution in [0.5, 0.6) is 0 Å². The monoisotopic (exact) mass is 416 g/mol. The van der Waals surface area contributed by atoms with Crippen molar-refractivity contribution < 1.29 is 22.0 Å². The predicted octanol–water partition coefficient (Wildman–Crippen LogP) is 3.79. The van der Waals surface area contributed by atoms with E-state index in [0.717, 1.165) is 28.6 Å². The van der Waals surface area contributed by atoms with Crippen LogP contribution in [0.1, 0.15) is 5.56 Å². The number of hydrogen-bond donors (Lipinski definition) is 1. The molecule has 1 N–H and O–H groups in total. The highest BCUT2D eigenvalue weighted by molar-refractivity contribution is 7.89. The highest BCUT2D eigenvalue weighted by atomic mass is 32.2. The van der Waals surface area contributed by atoms with Gasteiger partial charge in [0.25, 0.3) is 0 Å². The average Bonchev–Trinajstić information content (AvgIpc) is 2.70. The molecule has 0 aliphatic rings. The molecule has 0 bridgehead atoms. The zero-order chi connectivity index (χ0) is 20.9. The van der Waals surface area contributed by atoms with Crippen LogP contribution in [0.4, 0.5) is 14.5 Å². The first-order valence-corrected chi connectivity index (χ1v) is 10.1. The number of anilines is 1. The van der Waals surface area contributed by atoms with Crippen LogP contribution < -0.4 is 5.32 Å². The molecule has 5 nitrogen and oxygen atoms in total. The first-order chi connectivity index (χ1) is 13.8. The number of hydrogen-bond acceptors (Lipinski definition) is 3. The Kier molecular flexibility index (Phi) is 6.36. The summed E-state index contributed by atoms with van der Waals surface area (Å²) < 4.78 is 53.3. The second-order valence-electron chi connectivity index (χ2n) is 6.27. The van der Waals surface area contributed by atoms with E-state index in [1.807, 2.05) is 0 Å². The largest absolute Gasteiger partial charge is 0.325 e. The Morgan fingerprint density at radius 3 is 1.97 bits per heavy atom. The Balaban J connectivity index is 1.85. The van der Waals surface area contributed by atoms with Crippen LogP contribution in [0.15, 0.2) is 83.8 Å². The molecule has 0 aromatic heterocycles. The fourth-order valence-corrected chi connectivity index (χ4v) is 4.05. The van der Waals surface area contributed by atoms with E-state index in [2.05, 4.69) is 5.32 Å². The molecule has 3 rings (SSSR count). The minimum Gasteiger partial charge on any atom is -0.325 e. The van der Waals surface area contributed by atoms with E-state index in [9.17, 15) is 22.0 Å². The molecule has 0 saturated carbocycles. The van der Waals surface area contributed by atoms with E-state index in [-0.39, 0.29) is 11.4 Å². The van der Waals surface area contributed by atoms with Crippen molar-refractivity contribution in [3.05, 3.63) is 96.1 Å². The number of rotatable bonds is 7. The first-order valence-electron chi connectivity index (χ1n) is 8.70. The predicted molar refractivity (Wildman–Crippen MR) is 105 cm³/mol. The van der Waals surface area contributed by atoms with Crippen molar-refractivity contribution in [1.29, 1.82) is 0 Å². The Labute approximate surface area is 167 Å². The molecule has 3 aromatic carbocycles. The van der Waals surface area contributed by atoms with Gasteiger partial charge in [-0.3, -0.25) is 4.79 Å². The third-order valence-electron chi connectivity index (χ3n) is 4.10. The first kappa shape index (κ1) is 20.6. The van der Waals surface area contributed by atoms with Gasteiger partial charge in [-0.2, -0.15) is 4.31 Å². The molecule has 0 spiro atoms. The summed E-state index contributed by atoms with van der Waals surface area (Å²) in [4.78, 5) is 12.3. The summed E-state index contributed by atoms with van der Waals surface area (Å²) in [5.41, 5.74) is 1.03. The van der Waals surface area contributed by atoms with Gasteiger partial charge >= 0.3 is 0 Å². The van der Waals surface area contributed by atoms with Crippen molar-refractivity contribution in [3.63, 3.8) is 0 Å². The fraction of sp³-hybridized carbons (Fsp3) is 0.0952. The number of halogens is 2. The lowest BCUT2D eigenvalue weighted by Gasteiger charge is -2.22. The summed E-state index contributed by atoms with van der Waals surface area (Å²) >= 11 is 0. The summed E-state index contributed by atoms with van der Waals surface area (Å²) in [6.07, 6.45) is 0. The number of carbonyl (C=O) groups is 1. The summed E-state index contributed by atoms with van der Waals surface area (Å²) in [5, 5.41) is 2.55. The lowest BCUT2D eigenvalue weighted by atomic mass is 10.2. The zero-order valence-corrected chi connectivity index (χ0v) is 16.1. The number of benzene rings is 3. The van der Waals surface area contributed by atoms with Crippen LogP contribution in [-0.2, 0) is 21.4 Å². The van der Waals surface area contributed by atoms with Gasteiger partial charge in [0.2, 0.25) is 15.9 Å². The number of amides is 1. The minimum absolute atomic E-state index is 0.0443. The van der Waals surface area contributed by atoms with Gasteiger partial charge in [-0.25, -0.2) is 17.2 Å². The summed E-state index contributed by atoms with van der Waals surface area (Å²) in [5.74, 6) is -1.60. The van der Waals surface area contributed by atoms with Gasteiger partial charge in [-0.1, -0.05) is 30.3 Å². The summed E-state index contributed by atoms with van der Waals surface area (Å²) in [7, 11) is -4.06. The molecule has 0 unspecified atom stereocenters. The van der Waals surface area contributed by atoms with Gasteiger partial charge in [-0.15, -0.1) is 0 Å². The summed E-state index contributed by atoms with van der Waals surface area (Å²) in [6, 6.07) is 18.3. The van der Waals surface area contributed by atoms with Gasteiger partial charge < -0.3 is 5.32 Å². The Morgan fingerprint density at radius 2 is 1.38 bits per heavy atom. The average molecular weight is 416 g/mol. The molecule has 3 aromatic rings. The van der Waals surface area contributed by atoms with Gasteiger partial charge in [0.05, 0.1) is 11.4 Å². The molecule has 0 aliphatic heterocycles. The lowest BCUT2D eigenvalue weighted by Crippen LogP contribution is -2.37. The molecule has 0 atom stereocenters. The molecule has 0 heterocycles. The van der Waals surface area contributed by atoms with E-state index < -0.39 is 34.1 Å². The van der Waals surface area contributed by atoms with Gasteiger partial charge in [0.1, 0.15) is 11.6 Å². The molecular formula is C21H18F2N2O3S. The van der Waals surface area contributed by atoms with E-state index in [4.69, 9.17) is 0 Å². The molecule has 0 fully saturated rings. The molecule has 150 valence electrons. The smallest absolute Gasteiger partial charge is 0.243 e. The molecular weight excluding hydrogens is 398 g/mol. The maximum absolute atomic E-state index is 13.2. The number of sulfonamides is 1. The Bertz CT molecular complexity index is 1070. The molecule has 0 radical (unpaired) electrons. The van der Waals surface area contributed by atoms with Crippen LogP contribution in [-0.4, -0.2) is 25.2 Å². The van der Waals surface area contributed by atoms with Crippen molar-refractivity contribution in [2.75, 3.05) is 11.9 Å². The SMILES string of the molecule is O=C(CN(Cc1ccccc1)S(=O)(=O)c1ccc(F)cc1)Nc1ccc(F)cc1. The highest BCUT2D eigenvalue weighted by Crippen LogP contribution is 2.19. The minimum atomic E-state index is -4.06. The maximum Gasteiger partial charge on any atom is 0.243 e.